The Labute approximate surface area is 189 Å². The molecule has 0 aromatic heterocycles. The summed E-state index contributed by atoms with van der Waals surface area (Å²) in [6, 6.07) is 10.5. The highest BCUT2D eigenvalue weighted by Gasteiger charge is 2.30. The molecule has 0 aliphatic rings. The van der Waals surface area contributed by atoms with E-state index in [4.69, 9.17) is 9.68 Å². The first-order valence-electron chi connectivity index (χ1n) is 9.61. The van der Waals surface area contributed by atoms with Crippen LogP contribution in [-0.2, 0) is 21.1 Å². The Morgan fingerprint density at radius 3 is 2.42 bits per heavy atom. The van der Waals surface area contributed by atoms with Crippen molar-refractivity contribution in [2.24, 2.45) is 10.3 Å². The van der Waals surface area contributed by atoms with Gasteiger partial charge in [0.15, 0.2) is 5.71 Å². The van der Waals surface area contributed by atoms with Gasteiger partial charge in [0.05, 0.1) is 0 Å². The minimum absolute atomic E-state index is 0.0459. The third-order valence-corrected chi connectivity index (χ3v) is 4.18. The summed E-state index contributed by atoms with van der Waals surface area (Å²) >= 11 is 0. The number of hydrogen-bond donors (Lipinski definition) is 1. The first kappa shape index (κ1) is 25.3. The van der Waals surface area contributed by atoms with Crippen molar-refractivity contribution >= 4 is 17.3 Å². The topological polar surface area (TPSA) is 81.5 Å². The maximum Gasteiger partial charge on any atom is 0.573 e. The van der Waals surface area contributed by atoms with E-state index >= 15 is 0 Å². The number of alkyl halides is 3. The van der Waals surface area contributed by atoms with E-state index in [9.17, 15) is 18.0 Å². The lowest BCUT2D eigenvalue weighted by atomic mass is 9.98. The van der Waals surface area contributed by atoms with E-state index in [0.29, 0.717) is 22.4 Å². The number of amides is 1. The number of likely N-dealkylation sites (N-methyl/N-ethyl adjacent to an activating group) is 1. The van der Waals surface area contributed by atoms with Gasteiger partial charge in [-0.05, 0) is 49.6 Å². The number of carbonyl (C=O) groups is 1. The van der Waals surface area contributed by atoms with Crippen molar-refractivity contribution in [3.8, 4) is 17.6 Å². The number of rotatable bonds is 7. The minimum Gasteiger partial charge on any atom is -0.406 e. The molecule has 10 heteroatoms. The molecule has 0 radical (unpaired) electrons. The highest BCUT2D eigenvalue weighted by molar-refractivity contribution is 6.45. The molecule has 0 fully saturated rings. The summed E-state index contributed by atoms with van der Waals surface area (Å²) < 4.78 is 40.5. The normalized spacial score (nSPS) is 11.8. The van der Waals surface area contributed by atoms with Gasteiger partial charge in [0, 0.05) is 23.7 Å². The average Bonchev–Trinajstić information content (AvgIpc) is 2.76. The molecule has 0 aliphatic heterocycles. The van der Waals surface area contributed by atoms with Gasteiger partial charge in [-0.15, -0.1) is 13.2 Å². The van der Waals surface area contributed by atoms with Gasteiger partial charge in [-0.25, -0.2) is 0 Å². The number of carbonyl (C=O) groups excluding carboxylic acids is 1. The SMILES string of the molecule is CNC(=O)/C(=N/OC)c1cccc(C)c1CO/N=C(\C)C#Cc1ccc(OC(F)(F)F)cc1. The molecule has 2 rings (SSSR count). The number of oxime groups is 2. The lowest BCUT2D eigenvalue weighted by Gasteiger charge is -2.12. The van der Waals surface area contributed by atoms with Gasteiger partial charge in [-0.2, -0.15) is 0 Å². The number of nitrogens with zero attached hydrogens (tertiary/aromatic N) is 2. The predicted octanol–water partition coefficient (Wildman–Crippen LogP) is 3.93. The summed E-state index contributed by atoms with van der Waals surface area (Å²) in [6.45, 7) is 3.53. The quantitative estimate of drug-likeness (QED) is 0.385. The van der Waals surface area contributed by atoms with Crippen LogP contribution >= 0.6 is 0 Å². The molecule has 1 N–H and O–H groups in total. The molecular formula is C23H22F3N3O4. The van der Waals surface area contributed by atoms with Crippen LogP contribution in [0.5, 0.6) is 5.75 Å². The van der Waals surface area contributed by atoms with E-state index in [1.54, 1.807) is 19.1 Å². The van der Waals surface area contributed by atoms with E-state index < -0.39 is 12.3 Å². The first-order chi connectivity index (χ1) is 15.6. The van der Waals surface area contributed by atoms with Crippen LogP contribution in [0, 0.1) is 18.8 Å². The Bertz CT molecular complexity index is 1100. The fourth-order valence-corrected chi connectivity index (χ4v) is 2.66. The van der Waals surface area contributed by atoms with Crippen molar-refractivity contribution < 1.29 is 32.4 Å². The lowest BCUT2D eigenvalue weighted by molar-refractivity contribution is -0.274. The molecule has 0 bridgehead atoms. The van der Waals surface area contributed by atoms with Crippen LogP contribution in [0.2, 0.25) is 0 Å². The molecule has 33 heavy (non-hydrogen) atoms. The maximum absolute atomic E-state index is 12.2. The summed E-state index contributed by atoms with van der Waals surface area (Å²) in [7, 11) is 2.83. The average molecular weight is 461 g/mol. The van der Waals surface area contributed by atoms with Crippen LogP contribution in [0.4, 0.5) is 13.2 Å². The van der Waals surface area contributed by atoms with E-state index in [0.717, 1.165) is 5.56 Å². The Morgan fingerprint density at radius 1 is 1.12 bits per heavy atom. The molecule has 2 aromatic rings. The number of benzene rings is 2. The summed E-state index contributed by atoms with van der Waals surface area (Å²) in [5.41, 5.74) is 3.02. The van der Waals surface area contributed by atoms with Crippen LogP contribution in [-0.4, -0.2) is 37.9 Å². The largest absolute Gasteiger partial charge is 0.573 e. The van der Waals surface area contributed by atoms with Crippen molar-refractivity contribution in [3.05, 3.63) is 64.7 Å². The number of ether oxygens (including phenoxy) is 1. The lowest BCUT2D eigenvalue weighted by Crippen LogP contribution is -2.29. The van der Waals surface area contributed by atoms with Gasteiger partial charge in [0.1, 0.15) is 25.2 Å². The zero-order chi connectivity index (χ0) is 24.4. The zero-order valence-corrected chi connectivity index (χ0v) is 18.4. The minimum atomic E-state index is -4.75. The van der Waals surface area contributed by atoms with E-state index in [2.05, 4.69) is 32.2 Å². The third kappa shape index (κ3) is 7.88. The van der Waals surface area contributed by atoms with Crippen molar-refractivity contribution in [3.63, 3.8) is 0 Å². The van der Waals surface area contributed by atoms with Crippen molar-refractivity contribution in [1.29, 1.82) is 0 Å². The van der Waals surface area contributed by atoms with Crippen molar-refractivity contribution in [1.82, 2.24) is 5.32 Å². The molecule has 0 saturated carbocycles. The molecule has 2 aromatic carbocycles. The summed E-state index contributed by atoms with van der Waals surface area (Å²) in [6.07, 6.45) is -4.75. The molecule has 1 amide bonds. The highest BCUT2D eigenvalue weighted by atomic mass is 19.4. The van der Waals surface area contributed by atoms with E-state index in [-0.39, 0.29) is 18.1 Å². The van der Waals surface area contributed by atoms with E-state index in [1.807, 2.05) is 13.0 Å². The molecule has 0 atom stereocenters. The molecule has 174 valence electrons. The number of hydrogen-bond acceptors (Lipinski definition) is 6. The molecule has 0 unspecified atom stereocenters. The molecule has 7 nitrogen and oxygen atoms in total. The van der Waals surface area contributed by atoms with E-state index in [1.165, 1.54) is 38.4 Å². The van der Waals surface area contributed by atoms with Gasteiger partial charge in [0.25, 0.3) is 5.91 Å². The van der Waals surface area contributed by atoms with Crippen LogP contribution in [0.1, 0.15) is 29.2 Å². The molecule has 0 spiro atoms. The van der Waals surface area contributed by atoms with Crippen LogP contribution in [0.15, 0.2) is 52.8 Å². The summed E-state index contributed by atoms with van der Waals surface area (Å²) in [4.78, 5) is 22.4. The molecular weight excluding hydrogens is 439 g/mol. The fourth-order valence-electron chi connectivity index (χ4n) is 2.66. The highest BCUT2D eigenvalue weighted by Crippen LogP contribution is 2.22. The first-order valence-corrected chi connectivity index (χ1v) is 9.61. The van der Waals surface area contributed by atoms with Gasteiger partial charge in [-0.3, -0.25) is 4.79 Å². The number of nitrogens with one attached hydrogen (secondary N) is 1. The summed E-state index contributed by atoms with van der Waals surface area (Å²) in [5, 5.41) is 10.3. The number of halogens is 3. The Kier molecular flexibility index (Phi) is 8.86. The predicted molar refractivity (Wildman–Crippen MR) is 117 cm³/mol. The van der Waals surface area contributed by atoms with Gasteiger partial charge in [-0.1, -0.05) is 34.4 Å². The standard InChI is InChI=1S/C23H22F3N3O4/c1-15-6-5-7-19(21(29-31-4)22(30)27-3)20(15)14-32-28-16(2)8-9-17-10-12-18(13-11-17)33-23(24,25)26/h5-7,10-13H,14H2,1-4H3,(H,27,30)/b28-16+,29-21+. The zero-order valence-electron chi connectivity index (χ0n) is 18.4. The third-order valence-electron chi connectivity index (χ3n) is 4.18. The summed E-state index contributed by atoms with van der Waals surface area (Å²) in [5.74, 6) is 4.79. The smallest absolute Gasteiger partial charge is 0.406 e. The number of aryl methyl sites for hydroxylation is 1. The van der Waals surface area contributed by atoms with Gasteiger partial charge in [0.2, 0.25) is 0 Å². The van der Waals surface area contributed by atoms with Crippen LogP contribution < -0.4 is 10.1 Å². The Hall–Kier alpha value is -4.00. The van der Waals surface area contributed by atoms with Crippen molar-refractivity contribution in [2.45, 2.75) is 26.8 Å². The second-order valence-electron chi connectivity index (χ2n) is 6.57. The molecule has 0 heterocycles. The Balaban J connectivity index is 2.12. The second kappa shape index (κ2) is 11.6. The monoisotopic (exact) mass is 461 g/mol. The maximum atomic E-state index is 12.2. The van der Waals surface area contributed by atoms with Crippen LogP contribution in [0.25, 0.3) is 0 Å². The second-order valence-corrected chi connectivity index (χ2v) is 6.57. The van der Waals surface area contributed by atoms with Crippen LogP contribution in [0.3, 0.4) is 0 Å². The molecule has 0 aliphatic carbocycles. The molecule has 0 saturated heterocycles. The van der Waals surface area contributed by atoms with Gasteiger partial charge < -0.3 is 19.7 Å². The van der Waals surface area contributed by atoms with Gasteiger partial charge >= 0.3 is 6.36 Å². The fraction of sp³-hybridized carbons (Fsp3) is 0.261. The Morgan fingerprint density at radius 2 is 1.82 bits per heavy atom. The van der Waals surface area contributed by atoms with Crippen molar-refractivity contribution in [2.75, 3.05) is 14.2 Å².